The van der Waals surface area contributed by atoms with Crippen molar-refractivity contribution in [3.8, 4) is 5.75 Å². The van der Waals surface area contributed by atoms with Gasteiger partial charge in [0.05, 0.1) is 6.10 Å². The van der Waals surface area contributed by atoms with E-state index in [1.54, 1.807) is 0 Å². The van der Waals surface area contributed by atoms with E-state index < -0.39 is 0 Å². The third-order valence-electron chi connectivity index (χ3n) is 1.11. The highest BCUT2D eigenvalue weighted by Gasteiger charge is 1.92. The van der Waals surface area contributed by atoms with Crippen LogP contribution in [0.25, 0.3) is 0 Å². The molecule has 0 amide bonds. The minimum Gasteiger partial charge on any atom is -0.491 e. The zero-order valence-electron chi connectivity index (χ0n) is 6.87. The van der Waals surface area contributed by atoms with Crippen LogP contribution in [0, 0.1) is 0 Å². The number of hydrogen-bond donors (Lipinski definition) is 0. The van der Waals surface area contributed by atoms with Crippen LogP contribution in [-0.4, -0.2) is 6.10 Å². The van der Waals surface area contributed by atoms with Crippen molar-refractivity contribution in [1.29, 1.82) is 0 Å². The van der Waals surface area contributed by atoms with Gasteiger partial charge in [0.2, 0.25) is 0 Å². The summed E-state index contributed by atoms with van der Waals surface area (Å²) in [6.45, 7) is 4.04. The Labute approximate surface area is 74.8 Å². The van der Waals surface area contributed by atoms with Gasteiger partial charge in [0, 0.05) is 0 Å². The Kier molecular flexibility index (Phi) is 4.79. The Morgan fingerprint density at radius 1 is 1.09 bits per heavy atom. The number of rotatable bonds is 2. The molecule has 0 radical (unpaired) electrons. The summed E-state index contributed by atoms with van der Waals surface area (Å²) in [6.07, 6.45) is 0.266. The molecule has 0 saturated heterocycles. The molecule has 0 bridgehead atoms. The number of para-hydroxylation sites is 1. The maximum Gasteiger partial charge on any atom is 0.119 e. The van der Waals surface area contributed by atoms with Gasteiger partial charge in [-0.1, -0.05) is 18.2 Å². The van der Waals surface area contributed by atoms with E-state index in [4.69, 9.17) is 4.74 Å². The molecule has 0 fully saturated rings. The summed E-state index contributed by atoms with van der Waals surface area (Å²) in [5.74, 6) is 0.942. The van der Waals surface area contributed by atoms with Gasteiger partial charge in [-0.05, 0) is 26.0 Å². The fraction of sp³-hybridized carbons (Fsp3) is 0.333. The quantitative estimate of drug-likeness (QED) is 0.663. The van der Waals surface area contributed by atoms with Crippen molar-refractivity contribution in [3.05, 3.63) is 30.3 Å². The van der Waals surface area contributed by atoms with E-state index >= 15 is 0 Å². The van der Waals surface area contributed by atoms with E-state index in [-0.39, 0.29) is 19.6 Å². The highest BCUT2D eigenvalue weighted by Crippen LogP contribution is 2.09. The Balaban J connectivity index is 0.000001000. The van der Waals surface area contributed by atoms with E-state index in [1.165, 1.54) is 0 Å². The summed E-state index contributed by atoms with van der Waals surface area (Å²) in [5.41, 5.74) is 0. The van der Waals surface area contributed by atoms with Crippen LogP contribution >= 0.6 is 13.5 Å². The van der Waals surface area contributed by atoms with Crippen molar-refractivity contribution in [3.63, 3.8) is 0 Å². The van der Waals surface area contributed by atoms with Crippen molar-refractivity contribution in [2.45, 2.75) is 20.0 Å². The van der Waals surface area contributed by atoms with Crippen molar-refractivity contribution in [2.75, 3.05) is 0 Å². The first kappa shape index (κ1) is 10.4. The average molecular weight is 170 g/mol. The molecule has 0 aliphatic heterocycles. The summed E-state index contributed by atoms with van der Waals surface area (Å²) in [4.78, 5) is 0. The molecule has 0 heterocycles. The van der Waals surface area contributed by atoms with Crippen LogP contribution < -0.4 is 4.74 Å². The van der Waals surface area contributed by atoms with Gasteiger partial charge in [0.25, 0.3) is 0 Å². The van der Waals surface area contributed by atoms with E-state index in [0.29, 0.717) is 0 Å². The largest absolute Gasteiger partial charge is 0.491 e. The lowest BCUT2D eigenvalue weighted by atomic mass is 10.3. The molecule has 0 aromatic heterocycles. The van der Waals surface area contributed by atoms with Gasteiger partial charge in [0.15, 0.2) is 0 Å². The first-order valence-corrected chi connectivity index (χ1v) is 3.51. The molecular formula is C9H14OS. The Hall–Kier alpha value is -0.630. The molecule has 1 aromatic rings. The van der Waals surface area contributed by atoms with E-state index in [1.807, 2.05) is 44.2 Å². The molecule has 0 saturated carbocycles. The molecule has 0 spiro atoms. The molecule has 0 unspecified atom stereocenters. The van der Waals surface area contributed by atoms with Crippen LogP contribution in [0.5, 0.6) is 5.75 Å². The molecule has 1 rings (SSSR count). The van der Waals surface area contributed by atoms with Gasteiger partial charge in [-0.15, -0.1) is 0 Å². The minimum absolute atomic E-state index is 0. The van der Waals surface area contributed by atoms with Crippen molar-refractivity contribution >= 4 is 13.5 Å². The highest BCUT2D eigenvalue weighted by molar-refractivity contribution is 7.59. The second-order valence-electron chi connectivity index (χ2n) is 2.48. The van der Waals surface area contributed by atoms with Gasteiger partial charge in [-0.25, -0.2) is 0 Å². The van der Waals surface area contributed by atoms with Gasteiger partial charge < -0.3 is 4.74 Å². The summed E-state index contributed by atoms with van der Waals surface area (Å²) in [5, 5.41) is 0. The lowest BCUT2D eigenvalue weighted by Crippen LogP contribution is -2.04. The predicted octanol–water partition coefficient (Wildman–Crippen LogP) is 2.59. The molecule has 2 heteroatoms. The van der Waals surface area contributed by atoms with Gasteiger partial charge >= 0.3 is 0 Å². The van der Waals surface area contributed by atoms with E-state index in [0.717, 1.165) is 5.75 Å². The summed E-state index contributed by atoms with van der Waals surface area (Å²) >= 11 is 0. The van der Waals surface area contributed by atoms with Crippen LogP contribution in [0.4, 0.5) is 0 Å². The average Bonchev–Trinajstić information content (AvgIpc) is 1.88. The first-order valence-electron chi connectivity index (χ1n) is 3.51. The standard InChI is InChI=1S/C9H12O.H2S/c1-8(2)10-9-6-4-3-5-7-9;/h3-8H,1-2H3;1H2. The van der Waals surface area contributed by atoms with Crippen LogP contribution in [-0.2, 0) is 0 Å². The Bertz CT molecular complexity index is 184. The molecule has 1 aromatic carbocycles. The van der Waals surface area contributed by atoms with Gasteiger partial charge in [0.1, 0.15) is 5.75 Å². The fourth-order valence-electron chi connectivity index (χ4n) is 0.771. The van der Waals surface area contributed by atoms with Crippen molar-refractivity contribution < 1.29 is 4.74 Å². The SMILES string of the molecule is CC(C)Oc1ccccc1.S. The van der Waals surface area contributed by atoms with E-state index in [2.05, 4.69) is 0 Å². The molecule has 0 aliphatic rings. The highest BCUT2D eigenvalue weighted by atomic mass is 32.1. The van der Waals surface area contributed by atoms with Gasteiger partial charge in [-0.3, -0.25) is 0 Å². The maximum atomic E-state index is 5.41. The summed E-state index contributed by atoms with van der Waals surface area (Å²) < 4.78 is 5.41. The van der Waals surface area contributed by atoms with Crippen LogP contribution in [0.15, 0.2) is 30.3 Å². The molecule has 62 valence electrons. The van der Waals surface area contributed by atoms with E-state index in [9.17, 15) is 0 Å². The maximum absolute atomic E-state index is 5.41. The zero-order valence-corrected chi connectivity index (χ0v) is 7.87. The normalized spacial score (nSPS) is 9.00. The molecule has 0 aliphatic carbocycles. The summed E-state index contributed by atoms with van der Waals surface area (Å²) in [6, 6.07) is 9.84. The van der Waals surface area contributed by atoms with Crippen LogP contribution in [0.1, 0.15) is 13.8 Å². The number of ether oxygens (including phenoxy) is 1. The Morgan fingerprint density at radius 2 is 1.64 bits per heavy atom. The van der Waals surface area contributed by atoms with Gasteiger partial charge in [-0.2, -0.15) is 13.5 Å². The first-order chi connectivity index (χ1) is 4.79. The zero-order chi connectivity index (χ0) is 7.40. The second kappa shape index (κ2) is 5.08. The third-order valence-corrected chi connectivity index (χ3v) is 1.11. The summed E-state index contributed by atoms with van der Waals surface area (Å²) in [7, 11) is 0. The fourth-order valence-corrected chi connectivity index (χ4v) is 0.771. The number of hydrogen-bond acceptors (Lipinski definition) is 1. The third kappa shape index (κ3) is 3.94. The van der Waals surface area contributed by atoms with Crippen LogP contribution in [0.3, 0.4) is 0 Å². The molecule has 0 atom stereocenters. The second-order valence-corrected chi connectivity index (χ2v) is 2.48. The number of benzene rings is 1. The predicted molar refractivity (Wildman–Crippen MR) is 52.6 cm³/mol. The van der Waals surface area contributed by atoms with Crippen molar-refractivity contribution in [2.24, 2.45) is 0 Å². The lowest BCUT2D eigenvalue weighted by Gasteiger charge is -2.07. The monoisotopic (exact) mass is 170 g/mol. The smallest absolute Gasteiger partial charge is 0.119 e. The van der Waals surface area contributed by atoms with Crippen LogP contribution in [0.2, 0.25) is 0 Å². The minimum atomic E-state index is 0. The molecule has 1 nitrogen and oxygen atoms in total. The topological polar surface area (TPSA) is 9.23 Å². The van der Waals surface area contributed by atoms with Crippen molar-refractivity contribution in [1.82, 2.24) is 0 Å². The Morgan fingerprint density at radius 3 is 2.09 bits per heavy atom. The molecule has 0 N–H and O–H groups in total. The lowest BCUT2D eigenvalue weighted by molar-refractivity contribution is 0.242. The molecular weight excluding hydrogens is 156 g/mol. The molecule has 11 heavy (non-hydrogen) atoms.